The normalized spacial score (nSPS) is 14.6. The molecule has 2 nitrogen and oxygen atoms in total. The molecule has 2 rings (SSSR count). The van der Waals surface area contributed by atoms with E-state index in [1.165, 1.54) is 16.7 Å². The van der Waals surface area contributed by atoms with E-state index in [0.29, 0.717) is 0 Å². The Balaban J connectivity index is 2.09. The van der Waals surface area contributed by atoms with Crippen molar-refractivity contribution in [3.8, 4) is 0 Å². The third-order valence-electron chi connectivity index (χ3n) is 3.20. The highest BCUT2D eigenvalue weighted by Crippen LogP contribution is 2.17. The van der Waals surface area contributed by atoms with E-state index in [9.17, 15) is 0 Å². The van der Waals surface area contributed by atoms with Gasteiger partial charge in [-0.1, -0.05) is 32.0 Å². The van der Waals surface area contributed by atoms with E-state index in [0.717, 1.165) is 32.7 Å². The summed E-state index contributed by atoms with van der Waals surface area (Å²) >= 11 is 0. The Bertz CT molecular complexity index is 329. The quantitative estimate of drug-likeness (QED) is 0.808. The van der Waals surface area contributed by atoms with Crippen LogP contribution in [0, 0.1) is 0 Å². The summed E-state index contributed by atoms with van der Waals surface area (Å²) in [5.74, 6) is 0. The highest BCUT2D eigenvalue weighted by Gasteiger charge is 2.10. The number of nitrogens with one attached hydrogen (secondary N) is 1. The zero-order chi connectivity index (χ0) is 10.7. The summed E-state index contributed by atoms with van der Waals surface area (Å²) < 4.78 is 0. The second kappa shape index (κ2) is 4.77. The van der Waals surface area contributed by atoms with Gasteiger partial charge < -0.3 is 5.32 Å². The standard InChI is InChI=1S/C13H20N2/c1-3-15(4-2)10-11-5-6-12-8-14-9-13(12)7-11/h5-7,14H,3-4,8-10H2,1-2H3. The second-order valence-electron chi connectivity index (χ2n) is 4.17. The molecule has 1 N–H and O–H groups in total. The van der Waals surface area contributed by atoms with Gasteiger partial charge in [0.15, 0.2) is 0 Å². The zero-order valence-corrected chi connectivity index (χ0v) is 9.71. The summed E-state index contributed by atoms with van der Waals surface area (Å²) in [6.45, 7) is 9.87. The van der Waals surface area contributed by atoms with Crippen LogP contribution < -0.4 is 5.32 Å². The lowest BCUT2D eigenvalue weighted by atomic mass is 10.1. The van der Waals surface area contributed by atoms with Crippen LogP contribution in [0.15, 0.2) is 18.2 Å². The van der Waals surface area contributed by atoms with Crippen LogP contribution in [0.5, 0.6) is 0 Å². The molecule has 0 spiro atoms. The fraction of sp³-hybridized carbons (Fsp3) is 0.538. The van der Waals surface area contributed by atoms with Crippen molar-refractivity contribution in [2.24, 2.45) is 0 Å². The molecular weight excluding hydrogens is 184 g/mol. The minimum atomic E-state index is 1.04. The fourth-order valence-electron chi connectivity index (χ4n) is 2.15. The Kier molecular flexibility index (Phi) is 3.39. The van der Waals surface area contributed by atoms with Crippen molar-refractivity contribution in [1.82, 2.24) is 10.2 Å². The van der Waals surface area contributed by atoms with Gasteiger partial charge in [-0.05, 0) is 29.8 Å². The predicted molar refractivity (Wildman–Crippen MR) is 63.6 cm³/mol. The molecule has 0 bridgehead atoms. The Morgan fingerprint density at radius 2 is 1.87 bits per heavy atom. The van der Waals surface area contributed by atoms with Gasteiger partial charge in [-0.2, -0.15) is 0 Å². The van der Waals surface area contributed by atoms with E-state index in [1.807, 2.05) is 0 Å². The molecule has 0 amide bonds. The Labute approximate surface area is 92.3 Å². The molecule has 0 atom stereocenters. The molecule has 2 heteroatoms. The van der Waals surface area contributed by atoms with Crippen LogP contribution >= 0.6 is 0 Å². The van der Waals surface area contributed by atoms with Crippen LogP contribution in [0.2, 0.25) is 0 Å². The van der Waals surface area contributed by atoms with E-state index in [1.54, 1.807) is 0 Å². The Morgan fingerprint density at radius 1 is 1.13 bits per heavy atom. The van der Waals surface area contributed by atoms with Crippen molar-refractivity contribution >= 4 is 0 Å². The molecule has 0 unspecified atom stereocenters. The molecule has 1 heterocycles. The van der Waals surface area contributed by atoms with Crippen molar-refractivity contribution in [1.29, 1.82) is 0 Å². The van der Waals surface area contributed by atoms with E-state index < -0.39 is 0 Å². The van der Waals surface area contributed by atoms with Crippen LogP contribution in [0.4, 0.5) is 0 Å². The average molecular weight is 204 g/mol. The first-order valence-corrected chi connectivity index (χ1v) is 5.87. The van der Waals surface area contributed by atoms with Crippen molar-refractivity contribution in [2.45, 2.75) is 33.5 Å². The third-order valence-corrected chi connectivity index (χ3v) is 3.20. The topological polar surface area (TPSA) is 15.3 Å². The number of hydrogen-bond donors (Lipinski definition) is 1. The molecule has 1 aromatic rings. The number of benzene rings is 1. The average Bonchev–Trinajstić information content (AvgIpc) is 2.73. The molecule has 0 saturated carbocycles. The SMILES string of the molecule is CCN(CC)Cc1ccc2c(c1)CNC2. The molecule has 0 aromatic heterocycles. The smallest absolute Gasteiger partial charge is 0.0233 e. The minimum absolute atomic E-state index is 1.04. The Hall–Kier alpha value is -0.860. The lowest BCUT2D eigenvalue weighted by molar-refractivity contribution is 0.296. The molecule has 82 valence electrons. The minimum Gasteiger partial charge on any atom is -0.309 e. The monoisotopic (exact) mass is 204 g/mol. The van der Waals surface area contributed by atoms with Crippen molar-refractivity contribution in [3.05, 3.63) is 34.9 Å². The first-order valence-electron chi connectivity index (χ1n) is 5.87. The van der Waals surface area contributed by atoms with Crippen LogP contribution in [0.1, 0.15) is 30.5 Å². The van der Waals surface area contributed by atoms with E-state index in [-0.39, 0.29) is 0 Å². The molecule has 0 fully saturated rings. The maximum Gasteiger partial charge on any atom is 0.0233 e. The molecular formula is C13H20N2. The lowest BCUT2D eigenvalue weighted by Gasteiger charge is -2.18. The molecule has 0 saturated heterocycles. The summed E-state index contributed by atoms with van der Waals surface area (Å²) in [4.78, 5) is 2.45. The zero-order valence-electron chi connectivity index (χ0n) is 9.71. The summed E-state index contributed by atoms with van der Waals surface area (Å²) in [5.41, 5.74) is 4.40. The van der Waals surface area contributed by atoms with Gasteiger partial charge >= 0.3 is 0 Å². The second-order valence-corrected chi connectivity index (χ2v) is 4.17. The Morgan fingerprint density at radius 3 is 2.60 bits per heavy atom. The van der Waals surface area contributed by atoms with Gasteiger partial charge in [0, 0.05) is 19.6 Å². The van der Waals surface area contributed by atoms with Gasteiger partial charge in [-0.3, -0.25) is 4.90 Å². The third kappa shape index (κ3) is 2.39. The van der Waals surface area contributed by atoms with E-state index in [4.69, 9.17) is 0 Å². The van der Waals surface area contributed by atoms with E-state index in [2.05, 4.69) is 42.3 Å². The highest BCUT2D eigenvalue weighted by molar-refractivity contribution is 5.34. The first-order chi connectivity index (χ1) is 7.33. The van der Waals surface area contributed by atoms with Crippen molar-refractivity contribution < 1.29 is 0 Å². The largest absolute Gasteiger partial charge is 0.309 e. The summed E-state index contributed by atoms with van der Waals surface area (Å²) in [6, 6.07) is 6.89. The van der Waals surface area contributed by atoms with Crippen LogP contribution in [-0.2, 0) is 19.6 Å². The van der Waals surface area contributed by atoms with Gasteiger partial charge in [0.05, 0.1) is 0 Å². The van der Waals surface area contributed by atoms with Crippen LogP contribution in [0.25, 0.3) is 0 Å². The molecule has 1 aromatic carbocycles. The van der Waals surface area contributed by atoms with Gasteiger partial charge in [-0.25, -0.2) is 0 Å². The van der Waals surface area contributed by atoms with Gasteiger partial charge in [0.2, 0.25) is 0 Å². The molecule has 1 aliphatic rings. The van der Waals surface area contributed by atoms with Gasteiger partial charge in [0.1, 0.15) is 0 Å². The number of rotatable bonds is 4. The number of fused-ring (bicyclic) bond motifs is 1. The summed E-state index contributed by atoms with van der Waals surface area (Å²) in [5, 5.41) is 3.38. The highest BCUT2D eigenvalue weighted by atomic mass is 15.1. The number of hydrogen-bond acceptors (Lipinski definition) is 2. The molecule has 0 aliphatic carbocycles. The van der Waals surface area contributed by atoms with Crippen molar-refractivity contribution in [3.63, 3.8) is 0 Å². The lowest BCUT2D eigenvalue weighted by Crippen LogP contribution is -2.22. The van der Waals surface area contributed by atoms with E-state index >= 15 is 0 Å². The molecule has 1 aliphatic heterocycles. The van der Waals surface area contributed by atoms with Crippen LogP contribution in [-0.4, -0.2) is 18.0 Å². The van der Waals surface area contributed by atoms with Gasteiger partial charge in [-0.15, -0.1) is 0 Å². The molecule has 15 heavy (non-hydrogen) atoms. The maximum atomic E-state index is 3.38. The summed E-state index contributed by atoms with van der Waals surface area (Å²) in [6.07, 6.45) is 0. The fourth-order valence-corrected chi connectivity index (χ4v) is 2.15. The summed E-state index contributed by atoms with van der Waals surface area (Å²) in [7, 11) is 0. The van der Waals surface area contributed by atoms with Gasteiger partial charge in [0.25, 0.3) is 0 Å². The first kappa shape index (κ1) is 10.7. The number of nitrogens with zero attached hydrogens (tertiary/aromatic N) is 1. The predicted octanol–water partition coefficient (Wildman–Crippen LogP) is 2.13. The van der Waals surface area contributed by atoms with Crippen molar-refractivity contribution in [2.75, 3.05) is 13.1 Å². The molecule has 0 radical (unpaired) electrons. The van der Waals surface area contributed by atoms with Crippen LogP contribution in [0.3, 0.4) is 0 Å². The maximum absolute atomic E-state index is 3.38.